The van der Waals surface area contributed by atoms with Gasteiger partial charge in [-0.05, 0) is 36.4 Å². The van der Waals surface area contributed by atoms with Crippen molar-refractivity contribution in [1.82, 2.24) is 0 Å². The zero-order valence-electron chi connectivity index (χ0n) is 11.0. The normalized spacial score (nSPS) is 11.1. The fraction of sp³-hybridized carbons (Fsp3) is 0. The van der Waals surface area contributed by atoms with Gasteiger partial charge in [-0.15, -0.1) is 0 Å². The molecule has 0 radical (unpaired) electrons. The first kappa shape index (κ1) is 15.7. The minimum absolute atomic E-state index is 0.180. The first-order valence-electron chi connectivity index (χ1n) is 5.98. The highest BCUT2D eigenvalue weighted by atomic mass is 35.5. The van der Waals surface area contributed by atoms with E-state index < -0.39 is 23.6 Å². The van der Waals surface area contributed by atoms with E-state index in [1.165, 1.54) is 0 Å². The lowest BCUT2D eigenvalue weighted by atomic mass is 10.2. The number of carbonyl (C=O) groups excluding carboxylic acids is 1. The molecule has 8 heteroatoms. The van der Waals surface area contributed by atoms with Gasteiger partial charge in [0.2, 0.25) is 0 Å². The van der Waals surface area contributed by atoms with Crippen LogP contribution in [0.15, 0.2) is 47.6 Å². The molecule has 0 aliphatic heterocycles. The molecule has 0 unspecified atom stereocenters. The number of hydrogen-bond acceptors (Lipinski definition) is 3. The number of halogens is 3. The lowest BCUT2D eigenvalue weighted by Crippen LogP contribution is -2.18. The van der Waals surface area contributed by atoms with E-state index in [1.54, 1.807) is 24.3 Å². The molecule has 3 N–H and O–H groups in total. The summed E-state index contributed by atoms with van der Waals surface area (Å²) >= 11 is 5.70. The molecule has 0 aliphatic carbocycles. The average Bonchev–Trinajstić information content (AvgIpc) is 2.47. The number of rotatable bonds is 3. The van der Waals surface area contributed by atoms with Crippen molar-refractivity contribution in [1.29, 1.82) is 0 Å². The predicted octanol–water partition coefficient (Wildman–Crippen LogP) is 3.49. The molecule has 2 rings (SSSR count). The van der Waals surface area contributed by atoms with E-state index in [1.807, 2.05) is 0 Å². The van der Waals surface area contributed by atoms with Crippen LogP contribution in [0.5, 0.6) is 0 Å². The highest BCUT2D eigenvalue weighted by Gasteiger charge is 2.09. The number of nitrogens with two attached hydrogens (primary N) is 1. The van der Waals surface area contributed by atoms with Gasteiger partial charge in [0, 0.05) is 16.8 Å². The number of amidine groups is 1. The minimum atomic E-state index is -0.923. The van der Waals surface area contributed by atoms with Crippen LogP contribution >= 0.6 is 11.6 Å². The second-order valence-electron chi connectivity index (χ2n) is 4.11. The van der Waals surface area contributed by atoms with Crippen LogP contribution in [-0.2, 0) is 4.84 Å². The van der Waals surface area contributed by atoms with E-state index in [9.17, 15) is 13.6 Å². The number of hydrogen-bond donors (Lipinski definition) is 2. The molecule has 0 saturated heterocycles. The number of benzene rings is 2. The number of carbonyl (C=O) groups is 1. The van der Waals surface area contributed by atoms with Crippen LogP contribution in [0.3, 0.4) is 0 Å². The number of nitrogens with one attached hydrogen (secondary N) is 1. The molecule has 0 aliphatic rings. The molecule has 0 bridgehead atoms. The van der Waals surface area contributed by atoms with Crippen LogP contribution in [-0.4, -0.2) is 11.9 Å². The molecule has 2 aromatic rings. The molecule has 114 valence electrons. The van der Waals surface area contributed by atoms with Crippen molar-refractivity contribution >= 4 is 29.2 Å². The highest BCUT2D eigenvalue weighted by Crippen LogP contribution is 2.13. The molecule has 0 heterocycles. The van der Waals surface area contributed by atoms with E-state index >= 15 is 0 Å². The lowest BCUT2D eigenvalue weighted by molar-refractivity contribution is 0.166. The van der Waals surface area contributed by atoms with Gasteiger partial charge >= 0.3 is 6.09 Å². The second-order valence-corrected chi connectivity index (χ2v) is 4.55. The Labute approximate surface area is 129 Å². The monoisotopic (exact) mass is 325 g/mol. The maximum absolute atomic E-state index is 13.4. The van der Waals surface area contributed by atoms with Crippen LogP contribution < -0.4 is 11.1 Å². The largest absolute Gasteiger partial charge is 0.437 e. The predicted molar refractivity (Wildman–Crippen MR) is 78.6 cm³/mol. The molecular weight excluding hydrogens is 316 g/mol. The molecule has 5 nitrogen and oxygen atoms in total. The first-order chi connectivity index (χ1) is 10.5. The third kappa shape index (κ3) is 4.16. The fourth-order valence-electron chi connectivity index (χ4n) is 1.51. The molecule has 2 aromatic carbocycles. The smallest absolute Gasteiger partial charge is 0.380 e. The summed E-state index contributed by atoms with van der Waals surface area (Å²) in [5.41, 5.74) is 5.72. The van der Waals surface area contributed by atoms with Crippen molar-refractivity contribution in [2.24, 2.45) is 10.9 Å². The Bertz CT molecular complexity index is 721. The summed E-state index contributed by atoms with van der Waals surface area (Å²) in [5, 5.41) is 6.16. The van der Waals surface area contributed by atoms with E-state index in [0.717, 1.165) is 12.1 Å². The summed E-state index contributed by atoms with van der Waals surface area (Å²) in [6.07, 6.45) is -0.923. The Kier molecular flexibility index (Phi) is 4.90. The Balaban J connectivity index is 2.00. The van der Waals surface area contributed by atoms with Gasteiger partial charge in [0.25, 0.3) is 0 Å². The number of nitrogens with zero attached hydrogens (tertiary/aromatic N) is 1. The van der Waals surface area contributed by atoms with Crippen molar-refractivity contribution in [2.45, 2.75) is 0 Å². The lowest BCUT2D eigenvalue weighted by Gasteiger charge is -2.04. The van der Waals surface area contributed by atoms with Gasteiger partial charge in [-0.1, -0.05) is 16.8 Å². The Hall–Kier alpha value is -2.67. The highest BCUT2D eigenvalue weighted by molar-refractivity contribution is 6.30. The number of anilines is 1. The van der Waals surface area contributed by atoms with Gasteiger partial charge in [-0.25, -0.2) is 13.6 Å². The topological polar surface area (TPSA) is 76.7 Å². The van der Waals surface area contributed by atoms with E-state index in [0.29, 0.717) is 16.8 Å². The zero-order chi connectivity index (χ0) is 16.1. The van der Waals surface area contributed by atoms with Crippen LogP contribution in [0, 0.1) is 11.6 Å². The summed E-state index contributed by atoms with van der Waals surface area (Å²) < 4.78 is 26.2. The van der Waals surface area contributed by atoms with Crippen molar-refractivity contribution in [3.63, 3.8) is 0 Å². The summed E-state index contributed by atoms with van der Waals surface area (Å²) in [6.45, 7) is 0. The van der Waals surface area contributed by atoms with Crippen molar-refractivity contribution in [3.05, 3.63) is 64.7 Å². The molecular formula is C14H10ClF2N3O2. The van der Waals surface area contributed by atoms with Crippen LogP contribution in [0.2, 0.25) is 5.02 Å². The minimum Gasteiger partial charge on any atom is -0.380 e. The summed E-state index contributed by atoms with van der Waals surface area (Å²) in [7, 11) is 0. The van der Waals surface area contributed by atoms with Gasteiger partial charge in [0.05, 0.1) is 5.56 Å². The van der Waals surface area contributed by atoms with Gasteiger partial charge in [-0.3, -0.25) is 10.2 Å². The summed E-state index contributed by atoms with van der Waals surface area (Å²) in [6, 6.07) is 8.99. The number of oxime groups is 1. The van der Waals surface area contributed by atoms with Crippen LogP contribution in [0.25, 0.3) is 0 Å². The van der Waals surface area contributed by atoms with Crippen LogP contribution in [0.4, 0.5) is 19.3 Å². The van der Waals surface area contributed by atoms with Crippen LogP contribution in [0.1, 0.15) is 5.56 Å². The zero-order valence-corrected chi connectivity index (χ0v) is 11.8. The summed E-state index contributed by atoms with van der Waals surface area (Å²) in [5.74, 6) is -2.07. The molecule has 0 atom stereocenters. The van der Waals surface area contributed by atoms with E-state index in [4.69, 9.17) is 17.3 Å². The fourth-order valence-corrected chi connectivity index (χ4v) is 1.64. The maximum Gasteiger partial charge on any atom is 0.437 e. The SMILES string of the molecule is NC(=NOC(=O)Nc1ccc(Cl)cc1)c1ccc(F)cc1F. The Morgan fingerprint density at radius 1 is 1.18 bits per heavy atom. The Morgan fingerprint density at radius 3 is 2.50 bits per heavy atom. The van der Waals surface area contributed by atoms with Crippen molar-refractivity contribution in [3.8, 4) is 0 Å². The Morgan fingerprint density at radius 2 is 1.86 bits per heavy atom. The van der Waals surface area contributed by atoms with E-state index in [-0.39, 0.29) is 5.56 Å². The van der Waals surface area contributed by atoms with Gasteiger partial charge in [0.1, 0.15) is 11.6 Å². The van der Waals surface area contributed by atoms with Gasteiger partial charge in [-0.2, -0.15) is 0 Å². The molecule has 0 aromatic heterocycles. The molecule has 0 fully saturated rings. The van der Waals surface area contributed by atoms with Gasteiger partial charge in [0.15, 0.2) is 5.84 Å². The molecule has 0 saturated carbocycles. The van der Waals surface area contributed by atoms with Crippen molar-refractivity contribution in [2.75, 3.05) is 5.32 Å². The van der Waals surface area contributed by atoms with E-state index in [2.05, 4.69) is 15.3 Å². The quantitative estimate of drug-likeness (QED) is 0.392. The number of amides is 1. The molecule has 1 amide bonds. The third-order valence-electron chi connectivity index (χ3n) is 2.52. The first-order valence-corrected chi connectivity index (χ1v) is 6.36. The maximum atomic E-state index is 13.4. The standard InChI is InChI=1S/C14H10ClF2N3O2/c15-8-1-4-10(5-2-8)19-14(21)22-20-13(18)11-6-3-9(16)7-12(11)17/h1-7H,(H2,18,20)(H,19,21). The van der Waals surface area contributed by atoms with Crippen molar-refractivity contribution < 1.29 is 18.4 Å². The molecule has 0 spiro atoms. The van der Waals surface area contributed by atoms with Gasteiger partial charge < -0.3 is 5.73 Å². The summed E-state index contributed by atoms with van der Waals surface area (Å²) in [4.78, 5) is 16.0. The second kappa shape index (κ2) is 6.86. The molecule has 22 heavy (non-hydrogen) atoms. The average molecular weight is 326 g/mol. The third-order valence-corrected chi connectivity index (χ3v) is 2.78.